The van der Waals surface area contributed by atoms with E-state index in [0.29, 0.717) is 13.0 Å². The number of alkyl halides is 3. The van der Waals surface area contributed by atoms with Gasteiger partial charge >= 0.3 is 6.18 Å². The number of hydrogen-bond acceptors (Lipinski definition) is 2. The molecule has 3 nitrogen and oxygen atoms in total. The molecule has 80 valence electrons. The zero-order valence-corrected chi connectivity index (χ0v) is 8.02. The zero-order chi connectivity index (χ0) is 10.8. The van der Waals surface area contributed by atoms with Gasteiger partial charge in [0, 0.05) is 18.8 Å². The molecule has 0 aliphatic carbocycles. The minimum absolute atomic E-state index is 0.231. The van der Waals surface area contributed by atoms with E-state index in [0.717, 1.165) is 0 Å². The maximum atomic E-state index is 12.4. The van der Waals surface area contributed by atoms with E-state index < -0.39 is 11.9 Å². The van der Waals surface area contributed by atoms with E-state index >= 15 is 0 Å². The van der Waals surface area contributed by atoms with E-state index in [9.17, 15) is 13.2 Å². The fourth-order valence-electron chi connectivity index (χ4n) is 1.22. The van der Waals surface area contributed by atoms with Gasteiger partial charge in [0.2, 0.25) is 0 Å². The Bertz CT molecular complexity index is 303. The summed E-state index contributed by atoms with van der Waals surface area (Å²) < 4.78 is 38.4. The predicted octanol–water partition coefficient (Wildman–Crippen LogP) is 1.20. The number of halogens is 3. The lowest BCUT2D eigenvalue weighted by Crippen LogP contribution is -2.14. The summed E-state index contributed by atoms with van der Waals surface area (Å²) in [6, 6.07) is 0. The van der Waals surface area contributed by atoms with Crippen LogP contribution in [-0.2, 0) is 19.6 Å². The number of likely N-dealkylation sites (N-methyl/N-ethyl adjacent to an activating group) is 1. The van der Waals surface area contributed by atoms with Gasteiger partial charge in [-0.3, -0.25) is 4.68 Å². The van der Waals surface area contributed by atoms with Gasteiger partial charge in [-0.05, 0) is 20.0 Å². The number of hydrogen-bond donors (Lipinski definition) is 1. The fraction of sp³-hybridized carbons (Fsp3) is 0.625. The van der Waals surface area contributed by atoms with E-state index in [2.05, 4.69) is 10.4 Å². The molecule has 1 rings (SSSR count). The van der Waals surface area contributed by atoms with Gasteiger partial charge in [-0.25, -0.2) is 0 Å². The first-order valence-electron chi connectivity index (χ1n) is 4.19. The first-order chi connectivity index (χ1) is 6.45. The van der Waals surface area contributed by atoms with E-state index in [-0.39, 0.29) is 5.56 Å². The second-order valence-corrected chi connectivity index (χ2v) is 3.03. The van der Waals surface area contributed by atoms with Crippen LogP contribution in [0, 0.1) is 0 Å². The highest BCUT2D eigenvalue weighted by Gasteiger charge is 2.36. The molecule has 1 aromatic heterocycles. The first-order valence-corrected chi connectivity index (χ1v) is 4.19. The topological polar surface area (TPSA) is 29.9 Å². The largest absolute Gasteiger partial charge is 0.435 e. The van der Waals surface area contributed by atoms with Crippen LogP contribution < -0.4 is 5.32 Å². The maximum Gasteiger partial charge on any atom is 0.435 e. The summed E-state index contributed by atoms with van der Waals surface area (Å²) in [5.74, 6) is 0. The Morgan fingerprint density at radius 3 is 2.64 bits per heavy atom. The van der Waals surface area contributed by atoms with Gasteiger partial charge in [0.25, 0.3) is 0 Å². The van der Waals surface area contributed by atoms with E-state index in [1.165, 1.54) is 17.9 Å². The lowest BCUT2D eigenvalue weighted by molar-refractivity contribution is -0.142. The third kappa shape index (κ3) is 2.47. The van der Waals surface area contributed by atoms with Gasteiger partial charge in [-0.15, -0.1) is 0 Å². The van der Waals surface area contributed by atoms with Gasteiger partial charge in [-0.2, -0.15) is 18.3 Å². The van der Waals surface area contributed by atoms with Crippen LogP contribution in [0.4, 0.5) is 13.2 Å². The molecule has 1 heterocycles. The van der Waals surface area contributed by atoms with Crippen LogP contribution in [0.3, 0.4) is 0 Å². The first kappa shape index (κ1) is 11.0. The second kappa shape index (κ2) is 4.00. The summed E-state index contributed by atoms with van der Waals surface area (Å²) in [6.07, 6.45) is -2.62. The highest BCUT2D eigenvalue weighted by atomic mass is 19.4. The Morgan fingerprint density at radius 2 is 2.14 bits per heavy atom. The molecule has 0 spiro atoms. The molecule has 0 saturated carbocycles. The lowest BCUT2D eigenvalue weighted by atomic mass is 10.2. The molecule has 6 heteroatoms. The molecule has 1 aromatic rings. The van der Waals surface area contributed by atoms with Crippen LogP contribution in [-0.4, -0.2) is 23.4 Å². The summed E-state index contributed by atoms with van der Waals surface area (Å²) in [7, 11) is 3.18. The summed E-state index contributed by atoms with van der Waals surface area (Å²) in [5.41, 5.74) is -0.551. The Morgan fingerprint density at radius 1 is 1.50 bits per heavy atom. The normalized spacial score (nSPS) is 12.1. The number of nitrogens with zero attached hydrogens (tertiary/aromatic N) is 2. The predicted molar refractivity (Wildman–Crippen MR) is 45.8 cm³/mol. The van der Waals surface area contributed by atoms with Crippen molar-refractivity contribution in [1.29, 1.82) is 0 Å². The molecule has 1 N–H and O–H groups in total. The van der Waals surface area contributed by atoms with Crippen LogP contribution in [0.1, 0.15) is 11.3 Å². The summed E-state index contributed by atoms with van der Waals surface area (Å²) >= 11 is 0. The zero-order valence-electron chi connectivity index (χ0n) is 8.02. The van der Waals surface area contributed by atoms with Crippen molar-refractivity contribution in [3.63, 3.8) is 0 Å². The van der Waals surface area contributed by atoms with Crippen molar-refractivity contribution in [2.75, 3.05) is 13.6 Å². The van der Waals surface area contributed by atoms with Crippen LogP contribution in [0.15, 0.2) is 6.20 Å². The van der Waals surface area contributed by atoms with Crippen LogP contribution in [0.2, 0.25) is 0 Å². The third-order valence-corrected chi connectivity index (χ3v) is 1.82. The van der Waals surface area contributed by atoms with Crippen molar-refractivity contribution in [3.05, 3.63) is 17.5 Å². The molecule has 0 aromatic carbocycles. The smallest absolute Gasteiger partial charge is 0.319 e. The standard InChI is InChI=1S/C8H12F3N3/c1-12-4-3-6-5-14(2)13-7(6)8(9,10)11/h5,12H,3-4H2,1-2H3. The molecule has 0 amide bonds. The third-order valence-electron chi connectivity index (χ3n) is 1.82. The SMILES string of the molecule is CNCCc1cn(C)nc1C(F)(F)F. The Kier molecular flexibility index (Phi) is 3.15. The van der Waals surface area contributed by atoms with Crippen LogP contribution in [0.25, 0.3) is 0 Å². The summed E-state index contributed by atoms with van der Waals surface area (Å²) in [4.78, 5) is 0. The summed E-state index contributed by atoms with van der Waals surface area (Å²) in [5, 5.41) is 6.20. The number of aryl methyl sites for hydroxylation is 1. The van der Waals surface area contributed by atoms with Gasteiger partial charge in [0.1, 0.15) is 0 Å². The van der Waals surface area contributed by atoms with E-state index in [1.807, 2.05) is 0 Å². The molecular weight excluding hydrogens is 195 g/mol. The van der Waals surface area contributed by atoms with Crippen molar-refractivity contribution in [1.82, 2.24) is 15.1 Å². The van der Waals surface area contributed by atoms with Gasteiger partial charge in [0.05, 0.1) is 0 Å². The van der Waals surface area contributed by atoms with Gasteiger partial charge < -0.3 is 5.32 Å². The highest BCUT2D eigenvalue weighted by molar-refractivity contribution is 5.20. The van der Waals surface area contributed by atoms with Crippen molar-refractivity contribution in [2.24, 2.45) is 7.05 Å². The van der Waals surface area contributed by atoms with Crippen molar-refractivity contribution in [2.45, 2.75) is 12.6 Å². The molecule has 0 fully saturated rings. The molecule has 0 aliphatic heterocycles. The average molecular weight is 207 g/mol. The Hall–Kier alpha value is -1.04. The van der Waals surface area contributed by atoms with Crippen LogP contribution in [0.5, 0.6) is 0 Å². The molecule has 0 atom stereocenters. The average Bonchev–Trinajstić information content (AvgIpc) is 2.42. The van der Waals surface area contributed by atoms with E-state index in [4.69, 9.17) is 0 Å². The van der Waals surface area contributed by atoms with Gasteiger partial charge in [-0.1, -0.05) is 0 Å². The summed E-state index contributed by atoms with van der Waals surface area (Å²) in [6.45, 7) is 0.509. The molecule has 0 saturated heterocycles. The van der Waals surface area contributed by atoms with Crippen molar-refractivity contribution in [3.8, 4) is 0 Å². The second-order valence-electron chi connectivity index (χ2n) is 3.03. The Labute approximate surface area is 79.9 Å². The van der Waals surface area contributed by atoms with E-state index in [1.54, 1.807) is 7.05 Å². The monoisotopic (exact) mass is 207 g/mol. The molecular formula is C8H12F3N3. The van der Waals surface area contributed by atoms with Crippen molar-refractivity contribution >= 4 is 0 Å². The highest BCUT2D eigenvalue weighted by Crippen LogP contribution is 2.30. The molecule has 0 radical (unpaired) electrons. The van der Waals surface area contributed by atoms with Gasteiger partial charge in [0.15, 0.2) is 5.69 Å². The van der Waals surface area contributed by atoms with Crippen molar-refractivity contribution < 1.29 is 13.2 Å². The lowest BCUT2D eigenvalue weighted by Gasteiger charge is -2.05. The number of rotatable bonds is 3. The quantitative estimate of drug-likeness (QED) is 0.807. The minimum Gasteiger partial charge on any atom is -0.319 e. The Balaban J connectivity index is 2.91. The molecule has 14 heavy (non-hydrogen) atoms. The maximum absolute atomic E-state index is 12.4. The fourth-order valence-corrected chi connectivity index (χ4v) is 1.22. The molecule has 0 bridgehead atoms. The van der Waals surface area contributed by atoms with Crippen LogP contribution >= 0.6 is 0 Å². The number of nitrogens with one attached hydrogen (secondary N) is 1. The number of aromatic nitrogens is 2. The molecule has 0 unspecified atom stereocenters. The minimum atomic E-state index is -4.36. The molecule has 0 aliphatic rings.